The quantitative estimate of drug-likeness (QED) is 0.455. The Hall–Kier alpha value is -3.12. The van der Waals surface area contributed by atoms with Crippen molar-refractivity contribution in [3.63, 3.8) is 0 Å². The minimum atomic E-state index is -0.279. The van der Waals surface area contributed by atoms with Crippen molar-refractivity contribution in [2.45, 2.75) is 40.5 Å². The zero-order valence-corrected chi connectivity index (χ0v) is 20.4. The van der Waals surface area contributed by atoms with Gasteiger partial charge >= 0.3 is 0 Å². The molecule has 33 heavy (non-hydrogen) atoms. The number of hydrogen-bond donors (Lipinski definition) is 1. The van der Waals surface area contributed by atoms with Gasteiger partial charge in [-0.05, 0) is 24.0 Å². The maximum Gasteiger partial charge on any atom is 0.245 e. The summed E-state index contributed by atoms with van der Waals surface area (Å²) in [5.74, 6) is 0.189. The second-order valence-corrected chi connectivity index (χ2v) is 9.65. The van der Waals surface area contributed by atoms with Crippen molar-refractivity contribution in [2.24, 2.45) is 5.41 Å². The first-order chi connectivity index (χ1) is 15.7. The summed E-state index contributed by atoms with van der Waals surface area (Å²) in [5, 5.41) is 8.16. The Labute approximate surface area is 200 Å². The molecule has 0 fully saturated rings. The van der Waals surface area contributed by atoms with Crippen LogP contribution in [-0.4, -0.2) is 39.6 Å². The average Bonchev–Trinajstić information content (AvgIpc) is 3.16. The van der Waals surface area contributed by atoms with Gasteiger partial charge in [-0.25, -0.2) is 4.68 Å². The fourth-order valence-corrected chi connectivity index (χ4v) is 3.73. The molecule has 0 aliphatic heterocycles. The maximum atomic E-state index is 13.0. The number of hydrogen-bond acceptors (Lipinski definition) is 3. The smallest absolute Gasteiger partial charge is 0.245 e. The Kier molecular flexibility index (Phi) is 7.92. The van der Waals surface area contributed by atoms with Crippen LogP contribution in [0.1, 0.15) is 40.5 Å². The Morgan fingerprint density at radius 3 is 2.36 bits per heavy atom. The van der Waals surface area contributed by atoms with E-state index in [2.05, 4.69) is 5.32 Å². The van der Waals surface area contributed by atoms with Gasteiger partial charge in [-0.3, -0.25) is 9.59 Å². The van der Waals surface area contributed by atoms with Crippen LogP contribution in [0.3, 0.4) is 0 Å². The van der Waals surface area contributed by atoms with Crippen molar-refractivity contribution in [1.29, 1.82) is 0 Å². The molecule has 0 atom stereocenters. The van der Waals surface area contributed by atoms with Gasteiger partial charge in [-0.15, -0.1) is 0 Å². The molecule has 0 saturated heterocycles. The third kappa shape index (κ3) is 6.68. The molecule has 1 aromatic heterocycles. The molecule has 3 rings (SSSR count). The lowest BCUT2D eigenvalue weighted by atomic mass is 9.91. The van der Waals surface area contributed by atoms with Crippen LogP contribution in [0.5, 0.6) is 0 Å². The molecule has 174 valence electrons. The number of carbonyl (C=O) groups excluding carboxylic acids is 2. The van der Waals surface area contributed by atoms with Crippen LogP contribution in [0.25, 0.3) is 16.9 Å². The predicted molar refractivity (Wildman–Crippen MR) is 134 cm³/mol. The first-order valence-electron chi connectivity index (χ1n) is 11.2. The van der Waals surface area contributed by atoms with Crippen LogP contribution < -0.4 is 5.32 Å². The van der Waals surface area contributed by atoms with Crippen LogP contribution in [-0.2, 0) is 9.59 Å². The van der Waals surface area contributed by atoms with Gasteiger partial charge in [0.25, 0.3) is 0 Å². The van der Waals surface area contributed by atoms with E-state index in [0.717, 1.165) is 12.0 Å². The van der Waals surface area contributed by atoms with Gasteiger partial charge in [-0.2, -0.15) is 5.10 Å². The zero-order valence-electron chi connectivity index (χ0n) is 19.6. The van der Waals surface area contributed by atoms with Crippen molar-refractivity contribution in [2.75, 3.05) is 18.4 Å². The number of halogens is 1. The second-order valence-electron chi connectivity index (χ2n) is 9.24. The molecule has 0 saturated carbocycles. The Morgan fingerprint density at radius 1 is 1.06 bits per heavy atom. The third-order valence-corrected chi connectivity index (χ3v) is 5.31. The first-order valence-corrected chi connectivity index (χ1v) is 11.5. The van der Waals surface area contributed by atoms with E-state index in [4.69, 9.17) is 16.7 Å². The number of nitrogens with one attached hydrogen (secondary N) is 1. The topological polar surface area (TPSA) is 67.2 Å². The highest BCUT2D eigenvalue weighted by atomic mass is 35.5. The fraction of sp³-hybridized carbons (Fsp3) is 0.346. The average molecular weight is 467 g/mol. The van der Waals surface area contributed by atoms with E-state index in [1.807, 2.05) is 82.3 Å². The van der Waals surface area contributed by atoms with Gasteiger partial charge < -0.3 is 10.2 Å². The summed E-state index contributed by atoms with van der Waals surface area (Å²) in [7, 11) is 0. The normalized spacial score (nSPS) is 11.3. The van der Waals surface area contributed by atoms with E-state index in [-0.39, 0.29) is 23.8 Å². The summed E-state index contributed by atoms with van der Waals surface area (Å²) in [4.78, 5) is 27.4. The Bertz CT molecular complexity index is 1100. The monoisotopic (exact) mass is 466 g/mol. The summed E-state index contributed by atoms with van der Waals surface area (Å²) in [6.45, 7) is 8.56. The van der Waals surface area contributed by atoms with Crippen molar-refractivity contribution < 1.29 is 9.59 Å². The molecular weight excluding hydrogens is 436 g/mol. The summed E-state index contributed by atoms with van der Waals surface area (Å²) in [6, 6.07) is 18.9. The molecule has 2 aromatic carbocycles. The molecular formula is C26H31ClN4O2. The van der Waals surface area contributed by atoms with Crippen molar-refractivity contribution in [3.8, 4) is 16.9 Å². The highest BCUT2D eigenvalue weighted by Crippen LogP contribution is 2.28. The Balaban J connectivity index is 1.88. The van der Waals surface area contributed by atoms with E-state index < -0.39 is 0 Å². The molecule has 2 amide bonds. The van der Waals surface area contributed by atoms with E-state index >= 15 is 0 Å². The molecule has 0 spiro atoms. The van der Waals surface area contributed by atoms with Crippen LogP contribution in [0.2, 0.25) is 5.02 Å². The number of anilines is 1. The second kappa shape index (κ2) is 10.7. The minimum absolute atomic E-state index is 0.0167. The molecule has 6 nitrogen and oxygen atoms in total. The summed E-state index contributed by atoms with van der Waals surface area (Å²) < 4.78 is 1.63. The number of amides is 2. The van der Waals surface area contributed by atoms with Gasteiger partial charge in [0, 0.05) is 24.6 Å². The molecule has 3 aromatic rings. The summed E-state index contributed by atoms with van der Waals surface area (Å²) >= 11 is 6.42. The molecule has 0 unspecified atom stereocenters. The van der Waals surface area contributed by atoms with Gasteiger partial charge in [0.05, 0.1) is 22.9 Å². The molecule has 0 aliphatic rings. The van der Waals surface area contributed by atoms with E-state index in [1.165, 1.54) is 0 Å². The molecule has 0 radical (unpaired) electrons. The molecule has 7 heteroatoms. The minimum Gasteiger partial charge on any atom is -0.333 e. The van der Waals surface area contributed by atoms with Crippen LogP contribution in [0.4, 0.5) is 5.82 Å². The van der Waals surface area contributed by atoms with Gasteiger partial charge in [0.2, 0.25) is 11.8 Å². The SMILES string of the molecule is CCCN(CC(=O)Nc1cc(-c2ccccc2)nn1-c1ccccc1Cl)C(=O)CC(C)(C)C. The number of benzene rings is 2. The summed E-state index contributed by atoms with van der Waals surface area (Å²) in [5.41, 5.74) is 2.14. The zero-order chi connectivity index (χ0) is 24.0. The van der Waals surface area contributed by atoms with E-state index in [0.29, 0.717) is 35.2 Å². The number of aromatic nitrogens is 2. The number of rotatable bonds is 8. The largest absolute Gasteiger partial charge is 0.333 e. The molecule has 0 aliphatic carbocycles. The molecule has 1 N–H and O–H groups in total. The van der Waals surface area contributed by atoms with Crippen molar-refractivity contribution in [1.82, 2.24) is 14.7 Å². The lowest BCUT2D eigenvalue weighted by Gasteiger charge is -2.26. The molecule has 1 heterocycles. The standard InChI is InChI=1S/C26H31ClN4O2/c1-5-15-30(25(33)17-26(2,3)4)18-24(32)28-23-16-21(19-11-7-6-8-12-19)29-31(23)22-14-10-9-13-20(22)27/h6-14,16H,5,15,17-18H2,1-4H3,(H,28,32). The maximum absolute atomic E-state index is 13.0. The summed E-state index contributed by atoms with van der Waals surface area (Å²) in [6.07, 6.45) is 1.16. The van der Waals surface area contributed by atoms with Crippen molar-refractivity contribution in [3.05, 3.63) is 65.7 Å². The number of para-hydroxylation sites is 1. The van der Waals surface area contributed by atoms with Crippen LogP contribution in [0.15, 0.2) is 60.7 Å². The number of nitrogens with zero attached hydrogens (tertiary/aromatic N) is 3. The van der Waals surface area contributed by atoms with Gasteiger partial charge in [0.15, 0.2) is 0 Å². The van der Waals surface area contributed by atoms with E-state index in [9.17, 15) is 9.59 Å². The van der Waals surface area contributed by atoms with E-state index in [1.54, 1.807) is 15.6 Å². The van der Waals surface area contributed by atoms with Crippen molar-refractivity contribution >= 4 is 29.2 Å². The van der Waals surface area contributed by atoms with Crippen LogP contribution >= 0.6 is 11.6 Å². The van der Waals surface area contributed by atoms with Gasteiger partial charge in [-0.1, -0.05) is 81.8 Å². The third-order valence-electron chi connectivity index (χ3n) is 4.99. The highest BCUT2D eigenvalue weighted by Gasteiger charge is 2.23. The highest BCUT2D eigenvalue weighted by molar-refractivity contribution is 6.32. The van der Waals surface area contributed by atoms with Gasteiger partial charge in [0.1, 0.15) is 5.82 Å². The number of carbonyl (C=O) groups is 2. The Morgan fingerprint density at radius 2 is 1.73 bits per heavy atom. The predicted octanol–water partition coefficient (Wildman–Crippen LogP) is 5.81. The van der Waals surface area contributed by atoms with Crippen LogP contribution in [0, 0.1) is 5.41 Å². The molecule has 0 bridgehead atoms. The first kappa shape index (κ1) is 24.5. The lowest BCUT2D eigenvalue weighted by Crippen LogP contribution is -2.40. The lowest BCUT2D eigenvalue weighted by molar-refractivity contribution is -0.136. The fourth-order valence-electron chi connectivity index (χ4n) is 3.51.